The zero-order valence-corrected chi connectivity index (χ0v) is 10.3. The molecule has 0 bridgehead atoms. The van der Waals surface area contributed by atoms with E-state index < -0.39 is 13.4 Å². The van der Waals surface area contributed by atoms with Crippen molar-refractivity contribution in [3.63, 3.8) is 0 Å². The molecule has 2 aromatic heterocycles. The number of hydrogen-bond donors (Lipinski definition) is 4. The summed E-state index contributed by atoms with van der Waals surface area (Å²) in [5.41, 5.74) is 0.697. The minimum Gasteiger partial charge on any atom is -0.347 e. The van der Waals surface area contributed by atoms with Crippen LogP contribution in [0.5, 0.6) is 0 Å². The summed E-state index contributed by atoms with van der Waals surface area (Å²) in [6.45, 7) is 0.247. The van der Waals surface area contributed by atoms with E-state index in [9.17, 15) is 14.4 Å². The first-order chi connectivity index (χ1) is 8.57. The average molecular weight is 268 g/mol. The van der Waals surface area contributed by atoms with E-state index in [2.05, 4.69) is 20.3 Å². The maximum Gasteiger partial charge on any atom is 0.350 e. The number of H-pyrrole nitrogens is 1. The molecule has 0 amide bonds. The molecule has 18 heavy (non-hydrogen) atoms. The van der Waals surface area contributed by atoms with Gasteiger partial charge in [0.2, 0.25) is 0 Å². The normalized spacial score (nSPS) is 13.4. The first-order valence-corrected chi connectivity index (χ1v) is 6.93. The molecule has 96 valence electrons. The number of aromatic nitrogens is 3. The Balaban J connectivity index is 2.10. The van der Waals surface area contributed by atoms with Crippen molar-refractivity contribution in [2.24, 2.45) is 0 Å². The highest BCUT2D eigenvalue weighted by atomic mass is 31.2. The Morgan fingerprint density at radius 3 is 2.72 bits per heavy atom. The Kier molecular flexibility index (Phi) is 3.88. The number of nitrogens with one attached hydrogen (secondary N) is 2. The lowest BCUT2D eigenvalue weighted by Crippen LogP contribution is -2.22. The van der Waals surface area contributed by atoms with Gasteiger partial charge in [-0.05, 0) is 12.1 Å². The summed E-state index contributed by atoms with van der Waals surface area (Å²) in [6.07, 6.45) is 4.58. The summed E-state index contributed by atoms with van der Waals surface area (Å²) in [7, 11) is -4.33. The second-order valence-electron chi connectivity index (χ2n) is 3.67. The molecule has 2 aromatic rings. The third kappa shape index (κ3) is 3.24. The van der Waals surface area contributed by atoms with Crippen LogP contribution in [0.25, 0.3) is 0 Å². The third-order valence-corrected chi connectivity index (χ3v) is 3.42. The highest BCUT2D eigenvalue weighted by molar-refractivity contribution is 7.52. The molecule has 0 aromatic carbocycles. The quantitative estimate of drug-likeness (QED) is 0.596. The van der Waals surface area contributed by atoms with Crippen molar-refractivity contribution in [1.82, 2.24) is 20.3 Å². The van der Waals surface area contributed by atoms with E-state index in [-0.39, 0.29) is 12.4 Å². The van der Waals surface area contributed by atoms with Crippen LogP contribution in [0.3, 0.4) is 0 Å². The summed E-state index contributed by atoms with van der Waals surface area (Å²) in [6, 6.07) is 5.35. The molecule has 0 spiro atoms. The Morgan fingerprint density at radius 2 is 2.17 bits per heavy atom. The zero-order chi connectivity index (χ0) is 13.0. The molecule has 1 unspecified atom stereocenters. The van der Waals surface area contributed by atoms with Gasteiger partial charge >= 0.3 is 7.60 Å². The second kappa shape index (κ2) is 5.41. The summed E-state index contributed by atoms with van der Waals surface area (Å²) < 4.78 is 11.4. The van der Waals surface area contributed by atoms with Crippen LogP contribution in [0.2, 0.25) is 0 Å². The van der Waals surface area contributed by atoms with Gasteiger partial charge in [0.25, 0.3) is 0 Å². The van der Waals surface area contributed by atoms with Gasteiger partial charge in [-0.25, -0.2) is 4.98 Å². The molecule has 0 saturated heterocycles. The van der Waals surface area contributed by atoms with Gasteiger partial charge in [0.05, 0.1) is 5.69 Å². The van der Waals surface area contributed by atoms with E-state index in [0.717, 1.165) is 0 Å². The standard InChI is InChI=1S/C10H13N4O3P/c15-18(16,17)10(9-12-5-6-13-9)14-7-8-3-1-2-4-11-8/h1-6,10,14H,7H2,(H,12,13)(H2,15,16,17). The lowest BCUT2D eigenvalue weighted by molar-refractivity contribution is 0.344. The van der Waals surface area contributed by atoms with Crippen LogP contribution in [-0.2, 0) is 11.1 Å². The largest absolute Gasteiger partial charge is 0.350 e. The Hall–Kier alpha value is -1.53. The minimum absolute atomic E-state index is 0.208. The monoisotopic (exact) mass is 268 g/mol. The molecular weight excluding hydrogens is 255 g/mol. The van der Waals surface area contributed by atoms with Crippen LogP contribution in [0.1, 0.15) is 17.3 Å². The summed E-state index contributed by atoms with van der Waals surface area (Å²) >= 11 is 0. The van der Waals surface area contributed by atoms with Gasteiger partial charge in [-0.3, -0.25) is 14.9 Å². The van der Waals surface area contributed by atoms with E-state index in [1.807, 2.05) is 6.07 Å². The molecule has 0 aliphatic carbocycles. The van der Waals surface area contributed by atoms with E-state index in [1.54, 1.807) is 18.3 Å². The van der Waals surface area contributed by atoms with Crippen molar-refractivity contribution >= 4 is 7.60 Å². The molecule has 2 heterocycles. The van der Waals surface area contributed by atoms with Crippen LogP contribution < -0.4 is 5.32 Å². The van der Waals surface area contributed by atoms with Crippen LogP contribution in [-0.4, -0.2) is 24.7 Å². The summed E-state index contributed by atoms with van der Waals surface area (Å²) in [5, 5.41) is 2.76. The maximum atomic E-state index is 11.4. The predicted molar refractivity (Wildman–Crippen MR) is 64.4 cm³/mol. The van der Waals surface area contributed by atoms with Gasteiger partial charge in [-0.2, -0.15) is 0 Å². The highest BCUT2D eigenvalue weighted by Gasteiger charge is 2.32. The third-order valence-electron chi connectivity index (χ3n) is 2.32. The van der Waals surface area contributed by atoms with Crippen molar-refractivity contribution in [3.8, 4) is 0 Å². The first kappa shape index (κ1) is 12.9. The molecule has 1 atom stereocenters. The van der Waals surface area contributed by atoms with Crippen LogP contribution in [0.15, 0.2) is 36.8 Å². The number of aromatic amines is 1. The van der Waals surface area contributed by atoms with E-state index in [4.69, 9.17) is 0 Å². The number of rotatable bonds is 5. The van der Waals surface area contributed by atoms with Gasteiger partial charge in [0, 0.05) is 25.1 Å². The molecule has 0 aliphatic rings. The lowest BCUT2D eigenvalue weighted by atomic mass is 10.3. The molecular formula is C10H13N4O3P. The second-order valence-corrected chi connectivity index (χ2v) is 5.36. The Labute approximate surface area is 103 Å². The number of pyridine rings is 1. The average Bonchev–Trinajstić information content (AvgIpc) is 2.82. The van der Waals surface area contributed by atoms with Crippen molar-refractivity contribution in [1.29, 1.82) is 0 Å². The number of imidazole rings is 1. The molecule has 0 radical (unpaired) electrons. The fraction of sp³-hybridized carbons (Fsp3) is 0.200. The van der Waals surface area contributed by atoms with Crippen LogP contribution in [0.4, 0.5) is 0 Å². The molecule has 8 heteroatoms. The van der Waals surface area contributed by atoms with Crippen LogP contribution in [0, 0.1) is 0 Å². The van der Waals surface area contributed by atoms with Gasteiger partial charge in [-0.1, -0.05) is 6.07 Å². The van der Waals surface area contributed by atoms with E-state index in [1.165, 1.54) is 12.4 Å². The van der Waals surface area contributed by atoms with Crippen molar-refractivity contribution < 1.29 is 14.4 Å². The molecule has 7 nitrogen and oxygen atoms in total. The molecule has 2 rings (SSSR count). The Morgan fingerprint density at radius 1 is 1.33 bits per heavy atom. The predicted octanol–water partition coefficient (Wildman–Crippen LogP) is 0.771. The number of hydrogen-bond acceptors (Lipinski definition) is 4. The minimum atomic E-state index is -4.33. The topological polar surface area (TPSA) is 111 Å². The summed E-state index contributed by atoms with van der Waals surface area (Å²) in [5.74, 6) is -0.950. The van der Waals surface area contributed by atoms with Crippen molar-refractivity contribution in [2.45, 2.75) is 12.3 Å². The molecule has 0 saturated carbocycles. The maximum absolute atomic E-state index is 11.4. The highest BCUT2D eigenvalue weighted by Crippen LogP contribution is 2.48. The van der Waals surface area contributed by atoms with Crippen molar-refractivity contribution in [2.75, 3.05) is 0 Å². The first-order valence-electron chi connectivity index (χ1n) is 5.25. The fourth-order valence-electron chi connectivity index (χ4n) is 1.51. The SMILES string of the molecule is O=P(O)(O)C(NCc1ccccn1)c1ncc[nH]1. The van der Waals surface area contributed by atoms with E-state index in [0.29, 0.717) is 5.69 Å². The van der Waals surface area contributed by atoms with Crippen molar-refractivity contribution in [3.05, 3.63) is 48.3 Å². The fourth-order valence-corrected chi connectivity index (χ4v) is 2.29. The lowest BCUT2D eigenvalue weighted by Gasteiger charge is -2.17. The van der Waals surface area contributed by atoms with E-state index >= 15 is 0 Å². The Bertz CT molecular complexity index is 525. The van der Waals surface area contributed by atoms with Crippen LogP contribution >= 0.6 is 7.60 Å². The molecule has 4 N–H and O–H groups in total. The van der Waals surface area contributed by atoms with Gasteiger partial charge in [0.1, 0.15) is 5.82 Å². The molecule has 0 fully saturated rings. The smallest absolute Gasteiger partial charge is 0.347 e. The number of nitrogens with zero attached hydrogens (tertiary/aromatic N) is 2. The summed E-state index contributed by atoms with van der Waals surface area (Å²) in [4.78, 5) is 29.2. The zero-order valence-electron chi connectivity index (χ0n) is 9.39. The van der Waals surface area contributed by atoms with Gasteiger partial charge < -0.3 is 14.8 Å². The van der Waals surface area contributed by atoms with Gasteiger partial charge in [-0.15, -0.1) is 0 Å². The van der Waals surface area contributed by atoms with Gasteiger partial charge in [0.15, 0.2) is 5.78 Å². The molecule has 0 aliphatic heterocycles.